The molecule has 3 rings (SSSR count). The predicted octanol–water partition coefficient (Wildman–Crippen LogP) is 5.37. The Morgan fingerprint density at radius 1 is 1.16 bits per heavy atom. The van der Waals surface area contributed by atoms with Gasteiger partial charge in [-0.15, -0.1) is 0 Å². The Bertz CT molecular complexity index is 981. The molecule has 0 fully saturated rings. The van der Waals surface area contributed by atoms with Crippen LogP contribution in [0.15, 0.2) is 46.3 Å². The summed E-state index contributed by atoms with van der Waals surface area (Å²) in [5.41, 5.74) is 4.44. The quantitative estimate of drug-likeness (QED) is 0.446. The number of rotatable bonds is 5. The van der Waals surface area contributed by atoms with Gasteiger partial charge in [-0.3, -0.25) is 9.36 Å². The van der Waals surface area contributed by atoms with E-state index in [9.17, 15) is 4.79 Å². The second-order valence-electron chi connectivity index (χ2n) is 6.23. The molecule has 0 bridgehead atoms. The summed E-state index contributed by atoms with van der Waals surface area (Å²) >= 11 is 7.69. The van der Waals surface area contributed by atoms with Crippen LogP contribution in [0.3, 0.4) is 0 Å². The van der Waals surface area contributed by atoms with Crippen LogP contribution < -0.4 is 5.56 Å². The van der Waals surface area contributed by atoms with Crippen LogP contribution in [0.2, 0.25) is 5.02 Å². The molecule has 0 aliphatic rings. The lowest BCUT2D eigenvalue weighted by molar-refractivity contribution is 0.584. The summed E-state index contributed by atoms with van der Waals surface area (Å²) in [4.78, 5) is 17.6. The van der Waals surface area contributed by atoms with E-state index >= 15 is 0 Å². The summed E-state index contributed by atoms with van der Waals surface area (Å²) < 4.78 is 1.78. The topological polar surface area (TPSA) is 34.9 Å². The number of halogens is 1. The summed E-state index contributed by atoms with van der Waals surface area (Å²) in [6, 6.07) is 11.7. The van der Waals surface area contributed by atoms with Gasteiger partial charge in [-0.1, -0.05) is 54.0 Å². The van der Waals surface area contributed by atoms with Gasteiger partial charge in [0.05, 0.1) is 10.9 Å². The smallest absolute Gasteiger partial charge is 0.262 e. The molecule has 0 aliphatic heterocycles. The molecule has 0 spiro atoms. The molecule has 0 unspecified atom stereocenters. The third-order valence-corrected chi connectivity index (χ3v) is 5.45. The minimum atomic E-state index is 0.00646. The van der Waals surface area contributed by atoms with E-state index < -0.39 is 0 Å². The Balaban J connectivity index is 2.03. The third-order valence-electron chi connectivity index (χ3n) is 4.19. The van der Waals surface area contributed by atoms with Crippen molar-refractivity contribution in [2.75, 3.05) is 0 Å². The number of aryl methyl sites for hydroxylation is 2. The highest BCUT2D eigenvalue weighted by Crippen LogP contribution is 2.25. The maximum Gasteiger partial charge on any atom is 0.262 e. The van der Waals surface area contributed by atoms with Gasteiger partial charge in [0.25, 0.3) is 5.56 Å². The zero-order chi connectivity index (χ0) is 18.0. The largest absolute Gasteiger partial charge is 0.287 e. The molecular formula is C20H21ClN2OS. The number of hydrogen-bond donors (Lipinski definition) is 0. The second-order valence-corrected chi connectivity index (χ2v) is 7.61. The average molecular weight is 373 g/mol. The molecule has 0 saturated carbocycles. The van der Waals surface area contributed by atoms with Gasteiger partial charge in [-0.2, -0.15) is 0 Å². The minimum absolute atomic E-state index is 0.00646. The van der Waals surface area contributed by atoms with Crippen molar-refractivity contribution < 1.29 is 0 Å². The molecule has 0 radical (unpaired) electrons. The van der Waals surface area contributed by atoms with E-state index in [-0.39, 0.29) is 5.56 Å². The summed E-state index contributed by atoms with van der Waals surface area (Å²) in [6.45, 7) is 6.94. The van der Waals surface area contributed by atoms with Gasteiger partial charge in [0.15, 0.2) is 5.16 Å². The molecule has 130 valence electrons. The number of fused-ring (bicyclic) bond motifs is 1. The highest BCUT2D eigenvalue weighted by molar-refractivity contribution is 7.98. The molecule has 3 nitrogen and oxygen atoms in total. The van der Waals surface area contributed by atoms with Crippen LogP contribution in [0.5, 0.6) is 0 Å². The first-order valence-corrected chi connectivity index (χ1v) is 9.75. The van der Waals surface area contributed by atoms with E-state index in [4.69, 9.17) is 16.6 Å². The molecule has 3 aromatic rings. The molecule has 0 atom stereocenters. The van der Waals surface area contributed by atoms with E-state index in [0.29, 0.717) is 22.5 Å². The van der Waals surface area contributed by atoms with Gasteiger partial charge in [-0.05, 0) is 49.6 Å². The Labute approximate surface area is 157 Å². The monoisotopic (exact) mass is 372 g/mol. The molecule has 0 aliphatic carbocycles. The normalized spacial score (nSPS) is 11.2. The van der Waals surface area contributed by atoms with Gasteiger partial charge in [0, 0.05) is 17.3 Å². The van der Waals surface area contributed by atoms with Crippen molar-refractivity contribution in [3.63, 3.8) is 0 Å². The number of thioether (sulfide) groups is 1. The minimum Gasteiger partial charge on any atom is -0.287 e. The zero-order valence-electron chi connectivity index (χ0n) is 14.7. The maximum atomic E-state index is 12.8. The molecular weight excluding hydrogens is 352 g/mol. The Kier molecular flexibility index (Phi) is 5.50. The lowest BCUT2D eigenvalue weighted by Gasteiger charge is -2.13. The van der Waals surface area contributed by atoms with E-state index in [0.717, 1.165) is 17.3 Å². The van der Waals surface area contributed by atoms with Crippen molar-refractivity contribution in [1.82, 2.24) is 9.55 Å². The van der Waals surface area contributed by atoms with Gasteiger partial charge in [0.1, 0.15) is 0 Å². The fourth-order valence-corrected chi connectivity index (χ4v) is 4.06. The van der Waals surface area contributed by atoms with Crippen molar-refractivity contribution in [3.8, 4) is 0 Å². The van der Waals surface area contributed by atoms with Crippen LogP contribution in [0, 0.1) is 13.8 Å². The predicted molar refractivity (Wildman–Crippen MR) is 107 cm³/mol. The Hall–Kier alpha value is -1.78. The molecule has 1 aromatic heterocycles. The van der Waals surface area contributed by atoms with Crippen LogP contribution in [0.4, 0.5) is 0 Å². The summed E-state index contributed by atoms with van der Waals surface area (Å²) in [6.07, 6.45) is 0.887. The first-order chi connectivity index (χ1) is 12.0. The molecule has 25 heavy (non-hydrogen) atoms. The standard InChI is InChI=1S/C20H21ClN2OS/c1-4-9-23-19(24)17-8-7-16(21)11-18(17)22-20(23)25-12-15-10-13(2)5-6-14(15)3/h5-8,10-11H,4,9,12H2,1-3H3. The molecule has 0 saturated heterocycles. The summed E-state index contributed by atoms with van der Waals surface area (Å²) in [5, 5.41) is 1.97. The Morgan fingerprint density at radius 3 is 2.72 bits per heavy atom. The first kappa shape index (κ1) is 18.0. The fourth-order valence-electron chi connectivity index (χ4n) is 2.80. The van der Waals surface area contributed by atoms with Gasteiger partial charge >= 0.3 is 0 Å². The lowest BCUT2D eigenvalue weighted by atomic mass is 10.1. The number of aromatic nitrogens is 2. The molecule has 2 aromatic carbocycles. The van der Waals surface area contributed by atoms with Crippen LogP contribution in [-0.4, -0.2) is 9.55 Å². The number of benzene rings is 2. The second kappa shape index (κ2) is 7.63. The summed E-state index contributed by atoms with van der Waals surface area (Å²) in [7, 11) is 0. The van der Waals surface area contributed by atoms with Crippen molar-refractivity contribution >= 4 is 34.3 Å². The molecule has 5 heteroatoms. The van der Waals surface area contributed by atoms with Crippen molar-refractivity contribution in [1.29, 1.82) is 0 Å². The molecule has 0 N–H and O–H groups in total. The average Bonchev–Trinajstić information content (AvgIpc) is 2.58. The van der Waals surface area contributed by atoms with Crippen LogP contribution in [-0.2, 0) is 12.3 Å². The van der Waals surface area contributed by atoms with Gasteiger partial charge in [0.2, 0.25) is 0 Å². The van der Waals surface area contributed by atoms with E-state index in [1.165, 1.54) is 16.7 Å². The maximum absolute atomic E-state index is 12.8. The van der Waals surface area contributed by atoms with Crippen molar-refractivity contribution in [2.45, 2.75) is 44.6 Å². The zero-order valence-corrected chi connectivity index (χ0v) is 16.2. The number of nitrogens with zero attached hydrogens (tertiary/aromatic N) is 2. The first-order valence-electron chi connectivity index (χ1n) is 8.38. The third kappa shape index (κ3) is 3.91. The van der Waals surface area contributed by atoms with E-state index in [1.54, 1.807) is 34.5 Å². The SMILES string of the molecule is CCCn1c(SCc2cc(C)ccc2C)nc2cc(Cl)ccc2c1=O. The van der Waals surface area contributed by atoms with E-state index in [2.05, 4.69) is 39.0 Å². The molecule has 1 heterocycles. The van der Waals surface area contributed by atoms with E-state index in [1.807, 2.05) is 0 Å². The van der Waals surface area contributed by atoms with Crippen molar-refractivity contribution in [2.24, 2.45) is 0 Å². The summed E-state index contributed by atoms with van der Waals surface area (Å²) in [5.74, 6) is 0.787. The number of hydrogen-bond acceptors (Lipinski definition) is 3. The van der Waals surface area contributed by atoms with Crippen LogP contribution in [0.25, 0.3) is 10.9 Å². The van der Waals surface area contributed by atoms with Crippen LogP contribution >= 0.6 is 23.4 Å². The lowest BCUT2D eigenvalue weighted by Crippen LogP contribution is -2.23. The van der Waals surface area contributed by atoms with Gasteiger partial charge in [-0.25, -0.2) is 4.98 Å². The molecule has 0 amide bonds. The van der Waals surface area contributed by atoms with Crippen molar-refractivity contribution in [3.05, 3.63) is 68.5 Å². The fraction of sp³-hybridized carbons (Fsp3) is 0.300. The Morgan fingerprint density at radius 2 is 1.96 bits per heavy atom. The van der Waals surface area contributed by atoms with Gasteiger partial charge < -0.3 is 0 Å². The van der Waals surface area contributed by atoms with Crippen LogP contribution in [0.1, 0.15) is 30.0 Å². The highest BCUT2D eigenvalue weighted by Gasteiger charge is 2.12. The highest BCUT2D eigenvalue weighted by atomic mass is 35.5.